The summed E-state index contributed by atoms with van der Waals surface area (Å²) in [6.07, 6.45) is 2.00. The molecule has 4 aromatic rings. The third kappa shape index (κ3) is 2.94. The first-order valence-corrected chi connectivity index (χ1v) is 10.7. The highest BCUT2D eigenvalue weighted by molar-refractivity contribution is 8.00. The van der Waals surface area contributed by atoms with Gasteiger partial charge in [-0.25, -0.2) is 4.98 Å². The first-order valence-electron chi connectivity index (χ1n) is 8.42. The Hall–Kier alpha value is -2.28. The summed E-state index contributed by atoms with van der Waals surface area (Å²) < 4.78 is 0. The molecular formula is C20H14ClN3OS2. The number of benzene rings is 2. The standard InChI is InChI=1S/C20H14ClN3OS2/c21-13-7-5-12(6-8-13)17-10-27-20(23-17)24-18(25)11-26-19(24)15-9-22-16-4-2-1-3-14(15)16/h1-10,19,22H,11H2. The molecule has 2 aromatic heterocycles. The van der Waals surface area contributed by atoms with E-state index in [-0.39, 0.29) is 11.3 Å². The number of halogens is 1. The Morgan fingerprint density at radius 1 is 1.15 bits per heavy atom. The van der Waals surface area contributed by atoms with Gasteiger partial charge in [0.25, 0.3) is 0 Å². The van der Waals surface area contributed by atoms with Gasteiger partial charge in [-0.2, -0.15) is 0 Å². The summed E-state index contributed by atoms with van der Waals surface area (Å²) >= 11 is 9.11. The number of anilines is 1. The zero-order valence-electron chi connectivity index (χ0n) is 14.1. The third-order valence-electron chi connectivity index (χ3n) is 4.59. The van der Waals surface area contributed by atoms with E-state index in [1.165, 1.54) is 11.3 Å². The second-order valence-electron chi connectivity index (χ2n) is 6.24. The number of hydrogen-bond acceptors (Lipinski definition) is 4. The zero-order valence-corrected chi connectivity index (χ0v) is 16.4. The van der Waals surface area contributed by atoms with Gasteiger partial charge in [0, 0.05) is 38.6 Å². The SMILES string of the molecule is O=C1CSC(c2c[nH]c3ccccc23)N1c1nc(-c2ccc(Cl)cc2)cs1. The second-order valence-corrected chi connectivity index (χ2v) is 8.58. The van der Waals surface area contributed by atoms with Crippen molar-refractivity contribution in [2.45, 2.75) is 5.37 Å². The Morgan fingerprint density at radius 2 is 1.96 bits per heavy atom. The van der Waals surface area contributed by atoms with Crippen molar-refractivity contribution in [3.8, 4) is 11.3 Å². The monoisotopic (exact) mass is 411 g/mol. The average molecular weight is 412 g/mol. The maximum absolute atomic E-state index is 12.7. The molecule has 3 heterocycles. The summed E-state index contributed by atoms with van der Waals surface area (Å²) in [5.74, 6) is 0.548. The quantitative estimate of drug-likeness (QED) is 0.468. The molecule has 1 amide bonds. The minimum atomic E-state index is -0.0714. The van der Waals surface area contributed by atoms with E-state index < -0.39 is 0 Å². The molecule has 0 bridgehead atoms. The lowest BCUT2D eigenvalue weighted by atomic mass is 10.1. The molecule has 1 N–H and O–H groups in total. The summed E-state index contributed by atoms with van der Waals surface area (Å²) in [4.78, 5) is 22.5. The number of hydrogen-bond donors (Lipinski definition) is 1. The van der Waals surface area contributed by atoms with Crippen molar-refractivity contribution in [3.63, 3.8) is 0 Å². The van der Waals surface area contributed by atoms with Crippen molar-refractivity contribution in [2.24, 2.45) is 0 Å². The number of nitrogens with zero attached hydrogens (tertiary/aromatic N) is 2. The van der Waals surface area contributed by atoms with Crippen LogP contribution < -0.4 is 4.90 Å². The van der Waals surface area contributed by atoms with Gasteiger partial charge in [0.15, 0.2) is 5.13 Å². The highest BCUT2D eigenvalue weighted by Gasteiger charge is 2.37. The molecule has 0 saturated carbocycles. The molecule has 7 heteroatoms. The molecule has 4 nitrogen and oxygen atoms in total. The number of nitrogens with one attached hydrogen (secondary N) is 1. The van der Waals surface area contributed by atoms with E-state index in [2.05, 4.69) is 11.1 Å². The van der Waals surface area contributed by atoms with Crippen molar-refractivity contribution in [1.82, 2.24) is 9.97 Å². The van der Waals surface area contributed by atoms with Crippen LogP contribution in [-0.4, -0.2) is 21.6 Å². The van der Waals surface area contributed by atoms with Gasteiger partial charge in [-0.3, -0.25) is 9.69 Å². The number of rotatable bonds is 3. The molecule has 1 saturated heterocycles. The number of amides is 1. The number of carbonyl (C=O) groups is 1. The van der Waals surface area contributed by atoms with Gasteiger partial charge < -0.3 is 4.98 Å². The summed E-state index contributed by atoms with van der Waals surface area (Å²) in [6, 6.07) is 15.7. The largest absolute Gasteiger partial charge is 0.361 e. The van der Waals surface area contributed by atoms with Crippen LogP contribution in [0.15, 0.2) is 60.1 Å². The lowest BCUT2D eigenvalue weighted by Crippen LogP contribution is -2.27. The molecule has 1 fully saturated rings. The molecule has 0 aliphatic carbocycles. The minimum absolute atomic E-state index is 0.0714. The van der Waals surface area contributed by atoms with Gasteiger partial charge in [0.1, 0.15) is 5.37 Å². The molecule has 0 radical (unpaired) electrons. The van der Waals surface area contributed by atoms with Crippen molar-refractivity contribution in [3.05, 3.63) is 70.7 Å². The Morgan fingerprint density at radius 3 is 2.81 bits per heavy atom. The Bertz CT molecular complexity index is 1140. The number of aromatic nitrogens is 2. The molecule has 1 atom stereocenters. The van der Waals surface area contributed by atoms with Crippen LogP contribution >= 0.6 is 34.7 Å². The predicted molar refractivity (Wildman–Crippen MR) is 114 cm³/mol. The number of fused-ring (bicyclic) bond motifs is 1. The van der Waals surface area contributed by atoms with Gasteiger partial charge in [0.2, 0.25) is 5.91 Å². The Labute approximate surface area is 169 Å². The van der Waals surface area contributed by atoms with Gasteiger partial charge in [-0.05, 0) is 18.2 Å². The van der Waals surface area contributed by atoms with Crippen molar-refractivity contribution >= 4 is 56.6 Å². The van der Waals surface area contributed by atoms with Crippen LogP contribution in [0.2, 0.25) is 5.02 Å². The fraction of sp³-hybridized carbons (Fsp3) is 0.100. The van der Waals surface area contributed by atoms with Crippen molar-refractivity contribution < 1.29 is 4.79 Å². The van der Waals surface area contributed by atoms with Crippen LogP contribution in [0.3, 0.4) is 0 Å². The first-order chi connectivity index (χ1) is 13.2. The molecule has 5 rings (SSSR count). The van der Waals surface area contributed by atoms with Gasteiger partial charge in [-0.1, -0.05) is 41.9 Å². The molecule has 0 spiro atoms. The van der Waals surface area contributed by atoms with E-state index in [1.807, 2.05) is 58.9 Å². The highest BCUT2D eigenvalue weighted by Crippen LogP contribution is 2.45. The molecule has 1 aliphatic rings. The third-order valence-corrected chi connectivity index (χ3v) is 6.88. The fourth-order valence-electron chi connectivity index (χ4n) is 3.29. The minimum Gasteiger partial charge on any atom is -0.361 e. The molecule has 1 aliphatic heterocycles. The Balaban J connectivity index is 1.53. The van der Waals surface area contributed by atoms with Crippen LogP contribution in [0.4, 0.5) is 5.13 Å². The maximum Gasteiger partial charge on any atom is 0.240 e. The van der Waals surface area contributed by atoms with Gasteiger partial charge >= 0.3 is 0 Å². The molecular weight excluding hydrogens is 398 g/mol. The van der Waals surface area contributed by atoms with E-state index >= 15 is 0 Å². The molecule has 27 heavy (non-hydrogen) atoms. The van der Waals surface area contributed by atoms with Gasteiger partial charge in [-0.15, -0.1) is 23.1 Å². The highest BCUT2D eigenvalue weighted by atomic mass is 35.5. The van der Waals surface area contributed by atoms with Crippen LogP contribution in [0.1, 0.15) is 10.9 Å². The van der Waals surface area contributed by atoms with Crippen LogP contribution in [0.25, 0.3) is 22.2 Å². The van der Waals surface area contributed by atoms with Crippen molar-refractivity contribution in [1.29, 1.82) is 0 Å². The van der Waals surface area contributed by atoms with E-state index in [0.29, 0.717) is 10.8 Å². The number of thiazole rings is 1. The zero-order chi connectivity index (χ0) is 18.4. The lowest BCUT2D eigenvalue weighted by Gasteiger charge is -2.20. The lowest BCUT2D eigenvalue weighted by molar-refractivity contribution is -0.115. The van der Waals surface area contributed by atoms with Crippen LogP contribution in [0.5, 0.6) is 0 Å². The number of H-pyrrole nitrogens is 1. The van der Waals surface area contributed by atoms with E-state index in [4.69, 9.17) is 16.6 Å². The van der Waals surface area contributed by atoms with E-state index in [1.54, 1.807) is 11.8 Å². The number of thioether (sulfide) groups is 1. The summed E-state index contributed by atoms with van der Waals surface area (Å²) in [7, 11) is 0. The fourth-order valence-corrected chi connectivity index (χ4v) is 5.54. The predicted octanol–water partition coefficient (Wildman–Crippen LogP) is 5.72. The molecule has 2 aromatic carbocycles. The summed E-state index contributed by atoms with van der Waals surface area (Å²) in [6.45, 7) is 0. The second kappa shape index (κ2) is 6.71. The van der Waals surface area contributed by atoms with Crippen molar-refractivity contribution in [2.75, 3.05) is 10.7 Å². The number of aromatic amines is 1. The summed E-state index contributed by atoms with van der Waals surface area (Å²) in [5.41, 5.74) is 4.04. The number of para-hydroxylation sites is 1. The normalized spacial score (nSPS) is 17.1. The van der Waals surface area contributed by atoms with E-state index in [0.717, 1.165) is 32.9 Å². The molecule has 134 valence electrons. The number of carbonyl (C=O) groups excluding carboxylic acids is 1. The van der Waals surface area contributed by atoms with E-state index in [9.17, 15) is 4.79 Å². The maximum atomic E-state index is 12.7. The molecule has 1 unspecified atom stereocenters. The van der Waals surface area contributed by atoms with Crippen LogP contribution in [0, 0.1) is 0 Å². The summed E-state index contributed by atoms with van der Waals surface area (Å²) in [5, 5.41) is 4.48. The van der Waals surface area contributed by atoms with Gasteiger partial charge in [0.05, 0.1) is 11.4 Å². The smallest absolute Gasteiger partial charge is 0.240 e. The Kier molecular flexibility index (Phi) is 4.19. The topological polar surface area (TPSA) is 49.0 Å². The first kappa shape index (κ1) is 16.9. The van der Waals surface area contributed by atoms with Crippen LogP contribution in [-0.2, 0) is 4.79 Å². The average Bonchev–Trinajstić information content (AvgIpc) is 3.40.